The third kappa shape index (κ3) is 6.18. The molecule has 0 unspecified atom stereocenters. The van der Waals surface area contributed by atoms with E-state index in [0.717, 1.165) is 16.5 Å². The van der Waals surface area contributed by atoms with Crippen LogP contribution in [0.3, 0.4) is 0 Å². The smallest absolute Gasteiger partial charge is 0.242 e. The molecule has 10 nitrogen and oxygen atoms in total. The summed E-state index contributed by atoms with van der Waals surface area (Å²) in [6.07, 6.45) is 2.02. The number of carbonyl (C=O) groups excluding carboxylic acids is 1. The summed E-state index contributed by atoms with van der Waals surface area (Å²) in [5.41, 5.74) is 0.769. The fourth-order valence-corrected chi connectivity index (χ4v) is 5.82. The largest absolute Gasteiger partial charge is 0.394 e. The number of fused-ring (bicyclic) bond motifs is 2. The minimum absolute atomic E-state index is 0.0634. The van der Waals surface area contributed by atoms with Gasteiger partial charge in [-0.25, -0.2) is 13.1 Å². The molecule has 37 heavy (non-hydrogen) atoms. The molecule has 4 rings (SSSR count). The molecule has 1 aliphatic heterocycles. The van der Waals surface area contributed by atoms with Gasteiger partial charge in [-0.05, 0) is 36.2 Å². The number of ether oxygens (including phenoxy) is 1. The van der Waals surface area contributed by atoms with Crippen LogP contribution in [0.25, 0.3) is 10.8 Å². The number of aryl methyl sites for hydroxylation is 1. The van der Waals surface area contributed by atoms with Gasteiger partial charge in [0.2, 0.25) is 15.9 Å². The average Bonchev–Trinajstić information content (AvgIpc) is 3.34. The summed E-state index contributed by atoms with van der Waals surface area (Å²) in [5, 5.41) is 19.7. The van der Waals surface area contributed by atoms with E-state index in [9.17, 15) is 18.3 Å². The van der Waals surface area contributed by atoms with Crippen molar-refractivity contribution < 1.29 is 23.1 Å². The zero-order valence-corrected chi connectivity index (χ0v) is 22.3. The van der Waals surface area contributed by atoms with Gasteiger partial charge in [0.25, 0.3) is 0 Å². The zero-order valence-electron chi connectivity index (χ0n) is 21.5. The first-order valence-electron chi connectivity index (χ1n) is 12.5. The third-order valence-corrected chi connectivity index (χ3v) is 8.83. The Morgan fingerprint density at radius 1 is 1.22 bits per heavy atom. The standard InChI is InChI=1S/C26H35N5O5S/c1-19-15-30(20(2)17-32)26(33)9-6-12-31-23(14-27-28-31)18-36-25(19)16-29(3)37(34,35)24-11-10-21-7-4-5-8-22(21)13-24/h4-5,7-8,10-11,13-14,19-20,25,32H,6,9,12,15-18H2,1-3H3/t19-,20-,25-/m0/s1. The summed E-state index contributed by atoms with van der Waals surface area (Å²) in [6, 6.07) is 12.4. The van der Waals surface area contributed by atoms with E-state index in [-0.39, 0.29) is 42.5 Å². The lowest BCUT2D eigenvalue weighted by atomic mass is 10.0. The Hall–Kier alpha value is -2.86. The Morgan fingerprint density at radius 2 is 1.97 bits per heavy atom. The number of nitrogens with zero attached hydrogens (tertiary/aromatic N) is 5. The highest BCUT2D eigenvalue weighted by Crippen LogP contribution is 2.24. The van der Waals surface area contributed by atoms with Crippen LogP contribution >= 0.6 is 0 Å². The maximum Gasteiger partial charge on any atom is 0.242 e. The van der Waals surface area contributed by atoms with E-state index >= 15 is 0 Å². The number of sulfonamides is 1. The van der Waals surface area contributed by atoms with Gasteiger partial charge in [0.1, 0.15) is 0 Å². The average molecular weight is 530 g/mol. The second-order valence-electron chi connectivity index (χ2n) is 9.75. The molecule has 0 radical (unpaired) electrons. The molecule has 1 amide bonds. The van der Waals surface area contributed by atoms with Gasteiger partial charge in [-0.15, -0.1) is 5.10 Å². The van der Waals surface area contributed by atoms with Crippen LogP contribution in [0.15, 0.2) is 53.6 Å². The number of benzene rings is 2. The van der Waals surface area contributed by atoms with Gasteiger partial charge < -0.3 is 14.7 Å². The molecule has 2 heterocycles. The van der Waals surface area contributed by atoms with Gasteiger partial charge >= 0.3 is 0 Å². The molecule has 3 atom stereocenters. The van der Waals surface area contributed by atoms with Crippen LogP contribution in [-0.4, -0.2) is 82.5 Å². The summed E-state index contributed by atoms with van der Waals surface area (Å²) < 4.78 is 36.3. The molecule has 2 aromatic carbocycles. The fraction of sp³-hybridized carbons (Fsp3) is 0.500. The molecular weight excluding hydrogens is 494 g/mol. The molecule has 0 saturated carbocycles. The number of rotatable bonds is 6. The predicted octanol–water partition coefficient (Wildman–Crippen LogP) is 2.28. The second kappa shape index (κ2) is 11.7. The second-order valence-corrected chi connectivity index (χ2v) is 11.8. The number of aliphatic hydroxyl groups is 1. The Bertz CT molecular complexity index is 1330. The quantitative estimate of drug-likeness (QED) is 0.521. The van der Waals surface area contributed by atoms with E-state index in [2.05, 4.69) is 10.3 Å². The van der Waals surface area contributed by atoms with E-state index in [1.165, 1.54) is 4.31 Å². The van der Waals surface area contributed by atoms with Gasteiger partial charge in [-0.2, -0.15) is 4.31 Å². The summed E-state index contributed by atoms with van der Waals surface area (Å²) in [5.74, 6) is -0.275. The van der Waals surface area contributed by atoms with Gasteiger partial charge in [0.15, 0.2) is 0 Å². The maximum atomic E-state index is 13.5. The van der Waals surface area contributed by atoms with Crippen molar-refractivity contribution in [2.24, 2.45) is 5.92 Å². The molecule has 11 heteroatoms. The lowest BCUT2D eigenvalue weighted by Gasteiger charge is -2.35. The third-order valence-electron chi connectivity index (χ3n) is 7.01. The molecule has 0 saturated heterocycles. The predicted molar refractivity (Wildman–Crippen MR) is 139 cm³/mol. The number of aromatic nitrogens is 3. The molecule has 1 aliphatic rings. The first-order valence-corrected chi connectivity index (χ1v) is 14.0. The van der Waals surface area contributed by atoms with Crippen molar-refractivity contribution in [3.8, 4) is 0 Å². The zero-order chi connectivity index (χ0) is 26.6. The normalized spacial score (nSPS) is 20.9. The van der Waals surface area contributed by atoms with Crippen LogP contribution in [-0.2, 0) is 32.7 Å². The number of likely N-dealkylation sites (N-methyl/N-ethyl adjacent to an activating group) is 1. The SMILES string of the molecule is C[C@H]1CN([C@@H](C)CO)C(=O)CCCn2nncc2CO[C@H]1CN(C)S(=O)(=O)c1ccc2ccccc2c1. The molecule has 0 fully saturated rings. The lowest BCUT2D eigenvalue weighted by molar-refractivity contribution is -0.136. The number of hydrogen-bond acceptors (Lipinski definition) is 7. The molecule has 200 valence electrons. The van der Waals surface area contributed by atoms with E-state index in [4.69, 9.17) is 4.74 Å². The van der Waals surface area contributed by atoms with Crippen molar-refractivity contribution in [3.05, 3.63) is 54.4 Å². The van der Waals surface area contributed by atoms with E-state index in [1.54, 1.807) is 47.9 Å². The van der Waals surface area contributed by atoms with Crippen molar-refractivity contribution in [2.45, 2.75) is 56.9 Å². The Balaban J connectivity index is 1.60. The maximum absolute atomic E-state index is 13.5. The van der Waals surface area contributed by atoms with Gasteiger partial charge in [0, 0.05) is 39.0 Å². The van der Waals surface area contributed by atoms with Crippen molar-refractivity contribution in [2.75, 3.05) is 26.7 Å². The van der Waals surface area contributed by atoms with Gasteiger partial charge in [-0.1, -0.05) is 42.5 Å². The number of amides is 1. The first kappa shape index (κ1) is 27.2. The van der Waals surface area contributed by atoms with Crippen molar-refractivity contribution in [1.82, 2.24) is 24.2 Å². The minimum Gasteiger partial charge on any atom is -0.394 e. The van der Waals surface area contributed by atoms with Crippen LogP contribution in [0.4, 0.5) is 0 Å². The van der Waals surface area contributed by atoms with E-state index in [1.807, 2.05) is 31.2 Å². The molecule has 1 N–H and O–H groups in total. The molecular formula is C26H35N5O5S. The number of hydrogen-bond donors (Lipinski definition) is 1. The Morgan fingerprint density at radius 3 is 2.73 bits per heavy atom. The Kier molecular flexibility index (Phi) is 8.58. The molecule has 1 aromatic heterocycles. The lowest BCUT2D eigenvalue weighted by Crippen LogP contribution is -2.47. The summed E-state index contributed by atoms with van der Waals surface area (Å²) in [6.45, 7) is 4.75. The van der Waals surface area contributed by atoms with Crippen LogP contribution in [0.5, 0.6) is 0 Å². The first-order chi connectivity index (χ1) is 17.7. The van der Waals surface area contributed by atoms with Crippen LogP contribution in [0, 0.1) is 5.92 Å². The highest BCUT2D eigenvalue weighted by Gasteiger charge is 2.31. The van der Waals surface area contributed by atoms with Crippen molar-refractivity contribution in [3.63, 3.8) is 0 Å². The highest BCUT2D eigenvalue weighted by molar-refractivity contribution is 7.89. The fourth-order valence-electron chi connectivity index (χ4n) is 4.61. The van der Waals surface area contributed by atoms with E-state index < -0.39 is 16.1 Å². The number of aliphatic hydroxyl groups excluding tert-OH is 1. The highest BCUT2D eigenvalue weighted by atomic mass is 32.2. The van der Waals surface area contributed by atoms with Crippen LogP contribution in [0.2, 0.25) is 0 Å². The van der Waals surface area contributed by atoms with Crippen LogP contribution in [0.1, 0.15) is 32.4 Å². The van der Waals surface area contributed by atoms with Crippen molar-refractivity contribution >= 4 is 26.7 Å². The molecule has 3 aromatic rings. The van der Waals surface area contributed by atoms with Crippen molar-refractivity contribution in [1.29, 1.82) is 0 Å². The topological polar surface area (TPSA) is 118 Å². The summed E-state index contributed by atoms with van der Waals surface area (Å²) in [7, 11) is -2.25. The number of carbonyl (C=O) groups is 1. The van der Waals surface area contributed by atoms with Gasteiger partial charge in [-0.3, -0.25) is 4.79 Å². The molecule has 0 aliphatic carbocycles. The summed E-state index contributed by atoms with van der Waals surface area (Å²) in [4.78, 5) is 14.9. The van der Waals surface area contributed by atoms with Crippen LogP contribution < -0.4 is 0 Å². The summed E-state index contributed by atoms with van der Waals surface area (Å²) >= 11 is 0. The molecule has 0 bridgehead atoms. The Labute approximate surface area is 217 Å². The monoisotopic (exact) mass is 529 g/mol. The molecule has 0 spiro atoms. The van der Waals surface area contributed by atoms with Gasteiger partial charge in [0.05, 0.1) is 42.1 Å². The minimum atomic E-state index is -3.80. The van der Waals surface area contributed by atoms with E-state index in [0.29, 0.717) is 25.9 Å².